The standard InChI is InChI=1S/C18H16N2O2/c1-19(13-14-9-11-16(12-10-14)20(21)22)18-8-4-6-15-5-2-3-7-17(15)18/h2-12H,13H2,1H3. The largest absolute Gasteiger partial charge is 0.370 e. The van der Waals surface area contributed by atoms with E-state index in [4.69, 9.17) is 0 Å². The van der Waals surface area contributed by atoms with Gasteiger partial charge in [-0.15, -0.1) is 0 Å². The minimum absolute atomic E-state index is 0.122. The highest BCUT2D eigenvalue weighted by Crippen LogP contribution is 2.27. The summed E-state index contributed by atoms with van der Waals surface area (Å²) in [5.74, 6) is 0. The molecule has 3 aromatic carbocycles. The Bertz CT molecular complexity index is 807. The van der Waals surface area contributed by atoms with Crippen molar-refractivity contribution in [3.63, 3.8) is 0 Å². The van der Waals surface area contributed by atoms with Crippen molar-refractivity contribution in [1.29, 1.82) is 0 Å². The van der Waals surface area contributed by atoms with Gasteiger partial charge in [-0.3, -0.25) is 10.1 Å². The molecule has 0 aliphatic carbocycles. The summed E-state index contributed by atoms with van der Waals surface area (Å²) < 4.78 is 0. The van der Waals surface area contributed by atoms with Crippen LogP contribution in [0.2, 0.25) is 0 Å². The Morgan fingerprint density at radius 2 is 1.64 bits per heavy atom. The summed E-state index contributed by atoms with van der Waals surface area (Å²) in [6.07, 6.45) is 0. The monoisotopic (exact) mass is 292 g/mol. The van der Waals surface area contributed by atoms with Crippen LogP contribution < -0.4 is 4.90 Å². The molecule has 0 saturated heterocycles. The van der Waals surface area contributed by atoms with Crippen LogP contribution in [-0.2, 0) is 6.54 Å². The van der Waals surface area contributed by atoms with Gasteiger partial charge in [0.1, 0.15) is 0 Å². The summed E-state index contributed by atoms with van der Waals surface area (Å²) in [4.78, 5) is 12.5. The molecule has 3 rings (SSSR count). The van der Waals surface area contributed by atoms with Crippen LogP contribution in [0.4, 0.5) is 11.4 Å². The summed E-state index contributed by atoms with van der Waals surface area (Å²) >= 11 is 0. The zero-order valence-electron chi connectivity index (χ0n) is 12.3. The number of non-ortho nitro benzene ring substituents is 1. The number of fused-ring (bicyclic) bond motifs is 1. The summed E-state index contributed by atoms with van der Waals surface area (Å²) in [6.45, 7) is 0.700. The Labute approximate surface area is 128 Å². The maximum Gasteiger partial charge on any atom is 0.269 e. The van der Waals surface area contributed by atoms with Crippen molar-refractivity contribution in [1.82, 2.24) is 0 Å². The molecule has 0 fully saturated rings. The summed E-state index contributed by atoms with van der Waals surface area (Å²) in [5.41, 5.74) is 2.31. The fraction of sp³-hybridized carbons (Fsp3) is 0.111. The van der Waals surface area contributed by atoms with Crippen LogP contribution in [0.5, 0.6) is 0 Å². The third-order valence-corrected chi connectivity index (χ3v) is 3.74. The Balaban J connectivity index is 1.87. The maximum absolute atomic E-state index is 10.7. The Morgan fingerprint density at radius 1 is 0.955 bits per heavy atom. The summed E-state index contributed by atoms with van der Waals surface area (Å²) in [5, 5.41) is 13.1. The second-order valence-electron chi connectivity index (χ2n) is 5.28. The van der Waals surface area contributed by atoms with Gasteiger partial charge in [-0.1, -0.05) is 48.5 Å². The van der Waals surface area contributed by atoms with Gasteiger partial charge in [-0.25, -0.2) is 0 Å². The van der Waals surface area contributed by atoms with Gasteiger partial charge in [0.15, 0.2) is 0 Å². The average Bonchev–Trinajstić information content (AvgIpc) is 2.54. The van der Waals surface area contributed by atoms with Gasteiger partial charge in [0.2, 0.25) is 0 Å². The maximum atomic E-state index is 10.7. The van der Waals surface area contributed by atoms with Crippen LogP contribution >= 0.6 is 0 Å². The molecular formula is C18H16N2O2. The average molecular weight is 292 g/mol. The predicted molar refractivity (Wildman–Crippen MR) is 89.2 cm³/mol. The molecule has 0 heterocycles. The fourth-order valence-corrected chi connectivity index (χ4v) is 2.62. The lowest BCUT2D eigenvalue weighted by atomic mass is 10.1. The van der Waals surface area contributed by atoms with Crippen LogP contribution in [0.1, 0.15) is 5.56 Å². The molecule has 0 aliphatic heterocycles. The van der Waals surface area contributed by atoms with E-state index in [1.807, 2.05) is 25.2 Å². The third kappa shape index (κ3) is 2.76. The van der Waals surface area contributed by atoms with Gasteiger partial charge in [0.05, 0.1) is 4.92 Å². The number of nitro groups is 1. The van der Waals surface area contributed by atoms with Gasteiger partial charge < -0.3 is 4.90 Å². The Kier molecular flexibility index (Phi) is 3.74. The molecule has 0 bridgehead atoms. The van der Waals surface area contributed by atoms with Crippen molar-refractivity contribution in [2.75, 3.05) is 11.9 Å². The molecule has 0 spiro atoms. The summed E-state index contributed by atoms with van der Waals surface area (Å²) in [6, 6.07) is 21.2. The van der Waals surface area contributed by atoms with E-state index in [1.165, 1.54) is 10.8 Å². The first-order valence-corrected chi connectivity index (χ1v) is 7.07. The summed E-state index contributed by atoms with van der Waals surface area (Å²) in [7, 11) is 2.03. The lowest BCUT2D eigenvalue weighted by molar-refractivity contribution is -0.384. The van der Waals surface area contributed by atoms with Crippen molar-refractivity contribution >= 4 is 22.1 Å². The number of nitro benzene ring substituents is 1. The molecule has 4 nitrogen and oxygen atoms in total. The van der Waals surface area contributed by atoms with Crippen molar-refractivity contribution in [2.45, 2.75) is 6.54 Å². The van der Waals surface area contributed by atoms with Crippen LogP contribution in [0.25, 0.3) is 10.8 Å². The van der Waals surface area contributed by atoms with E-state index in [9.17, 15) is 10.1 Å². The molecule has 0 aromatic heterocycles. The topological polar surface area (TPSA) is 46.4 Å². The molecule has 0 saturated carbocycles. The molecule has 0 aliphatic rings. The molecule has 0 unspecified atom stereocenters. The van der Waals surface area contributed by atoms with E-state index in [2.05, 4.69) is 29.2 Å². The van der Waals surface area contributed by atoms with Gasteiger partial charge in [-0.2, -0.15) is 0 Å². The lowest BCUT2D eigenvalue weighted by Crippen LogP contribution is -2.16. The second-order valence-corrected chi connectivity index (χ2v) is 5.28. The van der Waals surface area contributed by atoms with E-state index in [0.29, 0.717) is 6.54 Å². The number of hydrogen-bond acceptors (Lipinski definition) is 3. The highest BCUT2D eigenvalue weighted by molar-refractivity contribution is 5.94. The first-order chi connectivity index (χ1) is 10.6. The minimum Gasteiger partial charge on any atom is -0.370 e. The molecule has 0 N–H and O–H groups in total. The van der Waals surface area contributed by atoms with Gasteiger partial charge in [0, 0.05) is 36.8 Å². The molecule has 0 atom stereocenters. The molecule has 0 radical (unpaired) electrons. The quantitative estimate of drug-likeness (QED) is 0.529. The number of anilines is 1. The number of hydrogen-bond donors (Lipinski definition) is 0. The highest BCUT2D eigenvalue weighted by atomic mass is 16.6. The van der Waals surface area contributed by atoms with Gasteiger partial charge in [0.25, 0.3) is 5.69 Å². The number of nitrogens with zero attached hydrogens (tertiary/aromatic N) is 2. The van der Waals surface area contributed by atoms with Crippen molar-refractivity contribution in [3.05, 3.63) is 82.4 Å². The number of benzene rings is 3. The van der Waals surface area contributed by atoms with Gasteiger partial charge >= 0.3 is 0 Å². The minimum atomic E-state index is -0.377. The van der Waals surface area contributed by atoms with E-state index in [-0.39, 0.29) is 10.6 Å². The van der Waals surface area contributed by atoms with Crippen LogP contribution in [0.3, 0.4) is 0 Å². The predicted octanol–water partition coefficient (Wildman–Crippen LogP) is 4.38. The molecular weight excluding hydrogens is 276 g/mol. The molecule has 110 valence electrons. The zero-order valence-corrected chi connectivity index (χ0v) is 12.3. The van der Waals surface area contributed by atoms with Crippen molar-refractivity contribution in [3.8, 4) is 0 Å². The Hall–Kier alpha value is -2.88. The molecule has 22 heavy (non-hydrogen) atoms. The number of rotatable bonds is 4. The fourth-order valence-electron chi connectivity index (χ4n) is 2.62. The van der Waals surface area contributed by atoms with E-state index in [0.717, 1.165) is 11.3 Å². The van der Waals surface area contributed by atoms with E-state index in [1.54, 1.807) is 24.3 Å². The van der Waals surface area contributed by atoms with Crippen molar-refractivity contribution in [2.24, 2.45) is 0 Å². The zero-order chi connectivity index (χ0) is 15.5. The molecule has 3 aromatic rings. The van der Waals surface area contributed by atoms with Crippen LogP contribution in [0, 0.1) is 10.1 Å². The van der Waals surface area contributed by atoms with Gasteiger partial charge in [-0.05, 0) is 17.0 Å². The third-order valence-electron chi connectivity index (χ3n) is 3.74. The van der Waals surface area contributed by atoms with Crippen LogP contribution in [-0.4, -0.2) is 12.0 Å². The van der Waals surface area contributed by atoms with Crippen molar-refractivity contribution < 1.29 is 4.92 Å². The van der Waals surface area contributed by atoms with E-state index < -0.39 is 0 Å². The SMILES string of the molecule is CN(Cc1ccc([N+](=O)[O-])cc1)c1cccc2ccccc12. The lowest BCUT2D eigenvalue weighted by Gasteiger charge is -2.21. The first-order valence-electron chi connectivity index (χ1n) is 7.07. The Morgan fingerprint density at radius 3 is 2.36 bits per heavy atom. The molecule has 4 heteroatoms. The second kappa shape index (κ2) is 5.85. The smallest absolute Gasteiger partial charge is 0.269 e. The first kappa shape index (κ1) is 14.1. The van der Waals surface area contributed by atoms with Crippen LogP contribution in [0.15, 0.2) is 66.7 Å². The van der Waals surface area contributed by atoms with E-state index >= 15 is 0 Å². The highest BCUT2D eigenvalue weighted by Gasteiger charge is 2.08. The normalized spacial score (nSPS) is 10.6. The molecule has 0 amide bonds.